The highest BCUT2D eigenvalue weighted by Gasteiger charge is 2.40. The zero-order valence-corrected chi connectivity index (χ0v) is 23.8. The number of carbonyl (C=O) groups excluding carboxylic acids is 2. The maximum Gasteiger partial charge on any atom is 0.417 e. The lowest BCUT2D eigenvalue weighted by Crippen LogP contribution is -2.63. The summed E-state index contributed by atoms with van der Waals surface area (Å²) in [5.41, 5.74) is -3.39. The van der Waals surface area contributed by atoms with Crippen LogP contribution in [0.2, 0.25) is 0 Å². The number of anilines is 1. The van der Waals surface area contributed by atoms with Gasteiger partial charge in [0.15, 0.2) is 5.01 Å². The summed E-state index contributed by atoms with van der Waals surface area (Å²) in [6.07, 6.45) is -2.16. The minimum Gasteiger partial charge on any atom is -0.390 e. The molecule has 0 radical (unpaired) electrons. The molecule has 1 aliphatic rings. The van der Waals surface area contributed by atoms with E-state index in [9.17, 15) is 27.9 Å². The second-order valence-corrected chi connectivity index (χ2v) is 12.8. The van der Waals surface area contributed by atoms with E-state index in [1.807, 2.05) is 6.92 Å². The number of hydrogen-bond donors (Lipinski definition) is 3. The van der Waals surface area contributed by atoms with E-state index in [4.69, 9.17) is 0 Å². The number of hydrogen-bond acceptors (Lipinski definition) is 7. The quantitative estimate of drug-likeness (QED) is 0.477. The van der Waals surface area contributed by atoms with Crippen molar-refractivity contribution in [2.45, 2.75) is 83.1 Å². The fraction of sp³-hybridized carbons (Fsp3) is 0.583. The van der Waals surface area contributed by atoms with Crippen molar-refractivity contribution in [3.05, 3.63) is 28.5 Å². The number of aromatic nitrogens is 2. The lowest BCUT2D eigenvalue weighted by atomic mass is 9.54. The van der Waals surface area contributed by atoms with Crippen LogP contribution in [0, 0.1) is 0 Å². The fourth-order valence-corrected chi connectivity index (χ4v) is 4.91. The number of likely N-dealkylation sites (tertiary alicyclic amines) is 1. The van der Waals surface area contributed by atoms with Gasteiger partial charge < -0.3 is 20.6 Å². The highest BCUT2D eigenvalue weighted by atomic mass is 32.1. The highest BCUT2D eigenvalue weighted by Crippen LogP contribution is 2.42. The molecule has 1 unspecified atom stereocenters. The Morgan fingerprint density at radius 2 is 1.82 bits per heavy atom. The number of thiazole rings is 1. The van der Waals surface area contributed by atoms with Crippen LogP contribution in [-0.2, 0) is 6.18 Å². The van der Waals surface area contributed by atoms with Crippen molar-refractivity contribution >= 4 is 44.7 Å². The molecule has 3 rings (SSSR count). The summed E-state index contributed by atoms with van der Waals surface area (Å²) in [6.45, 7) is 10.8. The van der Waals surface area contributed by atoms with Gasteiger partial charge in [-0.1, -0.05) is 0 Å². The van der Waals surface area contributed by atoms with Gasteiger partial charge in [0.25, 0.3) is 11.8 Å². The molecule has 1 fully saturated rings. The fourth-order valence-electron chi connectivity index (χ4n) is 3.93. The standard InChI is InChI=1S/C24H34B2F3N5O3S/c1-12-8-7-9-34(12)20(36)16-17(38-19(31-16)18(35)33-24(25,26)22(5,6)37)13-11-30-15(32-21(2,3)4)10-14(13)23(27,28)29/h10-12,37H,7-9,25-26H2,1-6H3,(H,30,32)(H,33,35). The molecular formula is C24H34B2F3N5O3S. The molecule has 0 aliphatic carbocycles. The molecule has 3 heterocycles. The van der Waals surface area contributed by atoms with E-state index >= 15 is 0 Å². The van der Waals surface area contributed by atoms with Crippen LogP contribution < -0.4 is 10.6 Å². The summed E-state index contributed by atoms with van der Waals surface area (Å²) in [4.78, 5) is 36.6. The average molecular weight is 551 g/mol. The molecule has 38 heavy (non-hydrogen) atoms. The van der Waals surface area contributed by atoms with E-state index in [-0.39, 0.29) is 33.0 Å². The molecule has 0 aromatic carbocycles. The van der Waals surface area contributed by atoms with Crippen molar-refractivity contribution in [1.29, 1.82) is 0 Å². The Balaban J connectivity index is 2.17. The first-order valence-corrected chi connectivity index (χ1v) is 13.3. The monoisotopic (exact) mass is 551 g/mol. The van der Waals surface area contributed by atoms with Crippen LogP contribution in [0.4, 0.5) is 19.0 Å². The Bertz CT molecular complexity index is 1220. The third-order valence-electron chi connectivity index (χ3n) is 6.75. The second-order valence-electron chi connectivity index (χ2n) is 11.8. The molecule has 0 spiro atoms. The number of carbonyl (C=O) groups is 2. The van der Waals surface area contributed by atoms with Crippen molar-refractivity contribution in [3.63, 3.8) is 0 Å². The normalized spacial score (nSPS) is 17.0. The Hall–Kier alpha value is -2.60. The van der Waals surface area contributed by atoms with Gasteiger partial charge in [0.2, 0.25) is 0 Å². The van der Waals surface area contributed by atoms with Crippen LogP contribution in [0.3, 0.4) is 0 Å². The maximum atomic E-state index is 14.3. The van der Waals surface area contributed by atoms with Gasteiger partial charge in [0, 0.05) is 35.2 Å². The van der Waals surface area contributed by atoms with E-state index in [0.29, 0.717) is 17.9 Å². The molecule has 8 nitrogen and oxygen atoms in total. The average Bonchev–Trinajstić information content (AvgIpc) is 3.37. The van der Waals surface area contributed by atoms with Crippen LogP contribution in [0.15, 0.2) is 12.3 Å². The Labute approximate surface area is 226 Å². The maximum absolute atomic E-state index is 14.3. The third kappa shape index (κ3) is 6.51. The summed E-state index contributed by atoms with van der Waals surface area (Å²) in [5, 5.41) is 14.8. The second kappa shape index (κ2) is 10.2. The molecule has 1 aliphatic heterocycles. The van der Waals surface area contributed by atoms with Gasteiger partial charge in [-0.3, -0.25) is 9.59 Å². The molecule has 2 aromatic heterocycles. The number of halogens is 3. The SMILES string of the molecule is BC(B)(NC(=O)c1nc(C(=O)N2CCCC2C)c(-c2cnc(NC(C)(C)C)cc2C(F)(F)F)s1)C(C)(C)O. The van der Waals surface area contributed by atoms with Gasteiger partial charge in [0.1, 0.15) is 27.2 Å². The number of nitrogens with zero attached hydrogens (tertiary/aromatic N) is 3. The number of amides is 2. The number of nitrogens with one attached hydrogen (secondary N) is 2. The van der Waals surface area contributed by atoms with Crippen molar-refractivity contribution in [2.75, 3.05) is 11.9 Å². The molecule has 2 aromatic rings. The highest BCUT2D eigenvalue weighted by molar-refractivity contribution is 7.17. The van der Waals surface area contributed by atoms with Gasteiger partial charge in [-0.15, -0.1) is 11.3 Å². The molecule has 1 atom stereocenters. The number of pyridine rings is 1. The van der Waals surface area contributed by atoms with Gasteiger partial charge in [-0.25, -0.2) is 9.97 Å². The van der Waals surface area contributed by atoms with E-state index in [1.165, 1.54) is 13.8 Å². The summed E-state index contributed by atoms with van der Waals surface area (Å²) in [6, 6.07) is 0.798. The van der Waals surface area contributed by atoms with Crippen LogP contribution in [0.5, 0.6) is 0 Å². The lowest BCUT2D eigenvalue weighted by Gasteiger charge is -2.38. The number of alkyl halides is 3. The van der Waals surface area contributed by atoms with Crippen molar-refractivity contribution in [1.82, 2.24) is 20.2 Å². The van der Waals surface area contributed by atoms with Gasteiger partial charge in [-0.05, 0) is 60.5 Å². The van der Waals surface area contributed by atoms with Crippen molar-refractivity contribution in [2.24, 2.45) is 0 Å². The molecule has 2 amide bonds. The lowest BCUT2D eigenvalue weighted by molar-refractivity contribution is -0.137. The first-order chi connectivity index (χ1) is 17.2. The predicted molar refractivity (Wildman–Crippen MR) is 147 cm³/mol. The summed E-state index contributed by atoms with van der Waals surface area (Å²) in [7, 11) is 3.23. The molecular weight excluding hydrogens is 517 g/mol. The topological polar surface area (TPSA) is 107 Å². The van der Waals surface area contributed by atoms with Gasteiger partial charge in [-0.2, -0.15) is 13.2 Å². The zero-order valence-electron chi connectivity index (χ0n) is 23.0. The predicted octanol–water partition coefficient (Wildman–Crippen LogP) is 2.48. The smallest absolute Gasteiger partial charge is 0.390 e. The molecule has 1 saturated heterocycles. The largest absolute Gasteiger partial charge is 0.417 e. The molecule has 14 heteroatoms. The van der Waals surface area contributed by atoms with E-state index in [1.54, 1.807) is 41.4 Å². The summed E-state index contributed by atoms with van der Waals surface area (Å²) < 4.78 is 42.9. The molecule has 206 valence electrons. The summed E-state index contributed by atoms with van der Waals surface area (Å²) >= 11 is 0.697. The first kappa shape index (κ1) is 29.9. The molecule has 0 bridgehead atoms. The van der Waals surface area contributed by atoms with E-state index in [0.717, 1.165) is 25.1 Å². The van der Waals surface area contributed by atoms with E-state index < -0.39 is 40.0 Å². The van der Waals surface area contributed by atoms with Crippen LogP contribution in [0.1, 0.15) is 80.2 Å². The Morgan fingerprint density at radius 1 is 1.18 bits per heavy atom. The molecule has 0 saturated carbocycles. The van der Waals surface area contributed by atoms with E-state index in [2.05, 4.69) is 20.6 Å². The minimum atomic E-state index is -4.76. The van der Waals surface area contributed by atoms with Crippen LogP contribution >= 0.6 is 11.3 Å². The van der Waals surface area contributed by atoms with Crippen molar-refractivity contribution in [3.8, 4) is 10.4 Å². The first-order valence-electron chi connectivity index (χ1n) is 12.4. The Kier molecular flexibility index (Phi) is 8.02. The summed E-state index contributed by atoms with van der Waals surface area (Å²) in [5.74, 6) is -1.21. The van der Waals surface area contributed by atoms with Crippen molar-refractivity contribution < 1.29 is 27.9 Å². The molecule has 3 N–H and O–H groups in total. The van der Waals surface area contributed by atoms with Gasteiger partial charge in [0.05, 0.1) is 16.0 Å². The Morgan fingerprint density at radius 3 is 2.32 bits per heavy atom. The third-order valence-corrected chi connectivity index (χ3v) is 7.84. The van der Waals surface area contributed by atoms with Crippen LogP contribution in [0.25, 0.3) is 10.4 Å². The number of rotatable bonds is 6. The zero-order chi connectivity index (χ0) is 28.8. The van der Waals surface area contributed by atoms with Gasteiger partial charge >= 0.3 is 6.18 Å². The number of aliphatic hydroxyl groups is 1. The van der Waals surface area contributed by atoms with Crippen LogP contribution in [-0.4, -0.2) is 76.5 Å². The minimum absolute atomic E-state index is 0.0315.